The van der Waals surface area contributed by atoms with Gasteiger partial charge >= 0.3 is 0 Å². The Balaban J connectivity index is 1.50. The van der Waals surface area contributed by atoms with Crippen molar-refractivity contribution in [1.82, 2.24) is 15.1 Å². The molecule has 0 saturated heterocycles. The summed E-state index contributed by atoms with van der Waals surface area (Å²) in [5.74, 6) is 1.87. The average molecular weight is 321 g/mol. The Morgan fingerprint density at radius 2 is 1.83 bits per heavy atom. The molecule has 0 unspecified atom stereocenters. The molecule has 0 bridgehead atoms. The van der Waals surface area contributed by atoms with Crippen LogP contribution in [0, 0.1) is 0 Å². The Kier molecular flexibility index (Phi) is 4.01. The fourth-order valence-corrected chi connectivity index (χ4v) is 3.13. The molecule has 0 spiro atoms. The molecule has 0 fully saturated rings. The van der Waals surface area contributed by atoms with Crippen LogP contribution in [0.2, 0.25) is 0 Å². The number of fused-ring (bicyclic) bond motifs is 1. The van der Waals surface area contributed by atoms with Crippen LogP contribution < -0.4 is 4.74 Å². The zero-order chi connectivity index (χ0) is 16.4. The fraction of sp³-hybridized carbons (Fsp3) is 0.263. The van der Waals surface area contributed by atoms with E-state index >= 15 is 0 Å². The van der Waals surface area contributed by atoms with Crippen molar-refractivity contribution in [2.75, 3.05) is 13.7 Å². The summed E-state index contributed by atoms with van der Waals surface area (Å²) in [4.78, 5) is 2.34. The summed E-state index contributed by atoms with van der Waals surface area (Å²) in [6.45, 7) is 2.59. The summed E-state index contributed by atoms with van der Waals surface area (Å²) in [7, 11) is 1.64. The largest absolute Gasteiger partial charge is 0.496 e. The molecule has 2 heterocycles. The number of rotatable bonds is 4. The summed E-state index contributed by atoms with van der Waals surface area (Å²) in [5, 5.41) is 8.39. The molecule has 5 nitrogen and oxygen atoms in total. The Morgan fingerprint density at radius 3 is 2.71 bits per heavy atom. The first-order valence-corrected chi connectivity index (χ1v) is 8.08. The van der Waals surface area contributed by atoms with Crippen molar-refractivity contribution in [2.24, 2.45) is 0 Å². The summed E-state index contributed by atoms with van der Waals surface area (Å²) >= 11 is 0. The van der Waals surface area contributed by atoms with Crippen molar-refractivity contribution in [2.45, 2.75) is 19.5 Å². The van der Waals surface area contributed by atoms with E-state index in [4.69, 9.17) is 9.15 Å². The lowest BCUT2D eigenvalue weighted by Crippen LogP contribution is -2.30. The lowest BCUT2D eigenvalue weighted by molar-refractivity contribution is 0.222. The normalized spacial score (nSPS) is 14.4. The van der Waals surface area contributed by atoms with E-state index < -0.39 is 0 Å². The highest BCUT2D eigenvalue weighted by molar-refractivity contribution is 5.62. The van der Waals surface area contributed by atoms with Crippen molar-refractivity contribution in [3.05, 3.63) is 65.5 Å². The van der Waals surface area contributed by atoms with E-state index in [2.05, 4.69) is 39.4 Å². The van der Waals surface area contributed by atoms with E-state index in [1.165, 1.54) is 11.1 Å². The molecule has 0 amide bonds. The topological polar surface area (TPSA) is 51.4 Å². The second kappa shape index (κ2) is 6.45. The Bertz CT molecular complexity index is 844. The van der Waals surface area contributed by atoms with E-state index in [0.717, 1.165) is 30.8 Å². The van der Waals surface area contributed by atoms with Gasteiger partial charge in [-0.3, -0.25) is 4.90 Å². The zero-order valence-corrected chi connectivity index (χ0v) is 13.6. The van der Waals surface area contributed by atoms with Crippen LogP contribution in [0.5, 0.6) is 5.75 Å². The summed E-state index contributed by atoms with van der Waals surface area (Å²) in [5.41, 5.74) is 3.64. The zero-order valence-electron chi connectivity index (χ0n) is 13.6. The SMILES string of the molecule is COc1ccccc1-c1nnc(CN2CCc3ccccc3C2)o1. The average Bonchev–Trinajstić information content (AvgIpc) is 3.10. The minimum atomic E-state index is 0.500. The van der Waals surface area contributed by atoms with Gasteiger partial charge in [0.2, 0.25) is 5.89 Å². The standard InChI is InChI=1S/C19H19N3O2/c1-23-17-9-5-4-8-16(17)19-21-20-18(24-19)13-22-11-10-14-6-2-3-7-15(14)12-22/h2-9H,10-13H2,1H3. The van der Waals surface area contributed by atoms with E-state index in [1.807, 2.05) is 24.3 Å². The van der Waals surface area contributed by atoms with Crippen LogP contribution in [-0.4, -0.2) is 28.8 Å². The molecule has 5 heteroatoms. The predicted octanol–water partition coefficient (Wildman–Crippen LogP) is 3.30. The fourth-order valence-electron chi connectivity index (χ4n) is 3.13. The van der Waals surface area contributed by atoms with Gasteiger partial charge in [0.25, 0.3) is 5.89 Å². The van der Waals surface area contributed by atoms with Crippen molar-refractivity contribution in [3.8, 4) is 17.2 Å². The highest BCUT2D eigenvalue weighted by Crippen LogP contribution is 2.29. The monoisotopic (exact) mass is 321 g/mol. The van der Waals surface area contributed by atoms with Crippen LogP contribution in [0.25, 0.3) is 11.5 Å². The molecule has 3 aromatic rings. The quantitative estimate of drug-likeness (QED) is 0.738. The summed E-state index contributed by atoms with van der Waals surface area (Å²) < 4.78 is 11.2. The van der Waals surface area contributed by atoms with Gasteiger partial charge in [-0.25, -0.2) is 0 Å². The maximum atomic E-state index is 5.86. The highest BCUT2D eigenvalue weighted by Gasteiger charge is 2.19. The van der Waals surface area contributed by atoms with Crippen molar-refractivity contribution < 1.29 is 9.15 Å². The number of benzene rings is 2. The lowest BCUT2D eigenvalue weighted by Gasteiger charge is -2.27. The molecule has 24 heavy (non-hydrogen) atoms. The molecule has 1 aliphatic heterocycles. The lowest BCUT2D eigenvalue weighted by atomic mass is 10.00. The number of ether oxygens (including phenoxy) is 1. The first kappa shape index (κ1) is 14.9. The van der Waals surface area contributed by atoms with Gasteiger partial charge in [0.1, 0.15) is 5.75 Å². The van der Waals surface area contributed by atoms with Crippen LogP contribution in [-0.2, 0) is 19.5 Å². The molecule has 122 valence electrons. The third kappa shape index (κ3) is 2.90. The van der Waals surface area contributed by atoms with Crippen LogP contribution in [0.3, 0.4) is 0 Å². The number of methoxy groups -OCH3 is 1. The van der Waals surface area contributed by atoms with Gasteiger partial charge < -0.3 is 9.15 Å². The van der Waals surface area contributed by atoms with E-state index in [-0.39, 0.29) is 0 Å². The molecule has 0 N–H and O–H groups in total. The van der Waals surface area contributed by atoms with Gasteiger partial charge in [0, 0.05) is 13.1 Å². The smallest absolute Gasteiger partial charge is 0.251 e. The molecular weight excluding hydrogens is 302 g/mol. The van der Waals surface area contributed by atoms with Crippen LogP contribution in [0.4, 0.5) is 0 Å². The third-order valence-electron chi connectivity index (χ3n) is 4.37. The van der Waals surface area contributed by atoms with Crippen LogP contribution in [0.15, 0.2) is 52.9 Å². The van der Waals surface area contributed by atoms with Gasteiger partial charge in [-0.15, -0.1) is 10.2 Å². The third-order valence-corrected chi connectivity index (χ3v) is 4.37. The van der Waals surface area contributed by atoms with Gasteiger partial charge in [-0.05, 0) is 29.7 Å². The number of nitrogens with zero attached hydrogens (tertiary/aromatic N) is 3. The van der Waals surface area contributed by atoms with Gasteiger partial charge in [-0.2, -0.15) is 0 Å². The molecule has 2 aromatic carbocycles. The van der Waals surface area contributed by atoms with Crippen molar-refractivity contribution in [3.63, 3.8) is 0 Å². The highest BCUT2D eigenvalue weighted by atomic mass is 16.5. The second-order valence-electron chi connectivity index (χ2n) is 5.93. The minimum Gasteiger partial charge on any atom is -0.496 e. The molecule has 0 atom stereocenters. The molecule has 0 radical (unpaired) electrons. The minimum absolute atomic E-state index is 0.500. The van der Waals surface area contributed by atoms with E-state index in [9.17, 15) is 0 Å². The number of aromatic nitrogens is 2. The van der Waals surface area contributed by atoms with Crippen molar-refractivity contribution in [1.29, 1.82) is 0 Å². The Hall–Kier alpha value is -2.66. The van der Waals surface area contributed by atoms with E-state index in [0.29, 0.717) is 18.3 Å². The van der Waals surface area contributed by atoms with Crippen LogP contribution >= 0.6 is 0 Å². The van der Waals surface area contributed by atoms with Crippen LogP contribution in [0.1, 0.15) is 17.0 Å². The maximum Gasteiger partial charge on any atom is 0.251 e. The first-order valence-electron chi connectivity index (χ1n) is 8.08. The van der Waals surface area contributed by atoms with E-state index in [1.54, 1.807) is 7.11 Å². The maximum absolute atomic E-state index is 5.86. The Morgan fingerprint density at radius 1 is 1.04 bits per heavy atom. The number of hydrogen-bond acceptors (Lipinski definition) is 5. The van der Waals surface area contributed by atoms with Crippen molar-refractivity contribution >= 4 is 0 Å². The summed E-state index contributed by atoms with van der Waals surface area (Å²) in [6.07, 6.45) is 1.06. The molecule has 1 aliphatic rings. The van der Waals surface area contributed by atoms with Gasteiger partial charge in [-0.1, -0.05) is 36.4 Å². The number of para-hydroxylation sites is 1. The molecule has 4 rings (SSSR count). The first-order chi connectivity index (χ1) is 11.8. The van der Waals surface area contributed by atoms with Gasteiger partial charge in [0.15, 0.2) is 0 Å². The van der Waals surface area contributed by atoms with Gasteiger partial charge in [0.05, 0.1) is 19.2 Å². The molecule has 0 saturated carbocycles. The molecule has 1 aromatic heterocycles. The summed E-state index contributed by atoms with van der Waals surface area (Å²) in [6, 6.07) is 16.3. The molecule has 0 aliphatic carbocycles. The number of hydrogen-bond donors (Lipinski definition) is 0. The Labute approximate surface area is 140 Å². The molecular formula is C19H19N3O2. The second-order valence-corrected chi connectivity index (χ2v) is 5.93. The predicted molar refractivity (Wildman–Crippen MR) is 90.5 cm³/mol.